The van der Waals surface area contributed by atoms with Crippen molar-refractivity contribution in [2.45, 2.75) is 35.9 Å². The zero-order chi connectivity index (χ0) is 14.9. The average molecular weight is 351 g/mol. The summed E-state index contributed by atoms with van der Waals surface area (Å²) in [6.45, 7) is 0. The second-order valence-electron chi connectivity index (χ2n) is 6.40. The van der Waals surface area contributed by atoms with E-state index in [1.165, 1.54) is 36.3 Å². The van der Waals surface area contributed by atoms with Gasteiger partial charge in [0.25, 0.3) is 0 Å². The van der Waals surface area contributed by atoms with Crippen molar-refractivity contribution >= 4 is 40.9 Å². The highest BCUT2D eigenvalue weighted by Gasteiger charge is 2.45. The van der Waals surface area contributed by atoms with Crippen LogP contribution in [0.4, 0.5) is 0 Å². The third-order valence-electron chi connectivity index (χ3n) is 5.17. The Balaban J connectivity index is 1.61. The van der Waals surface area contributed by atoms with Crippen LogP contribution in [0, 0.1) is 11.8 Å². The molecule has 22 heavy (non-hydrogen) atoms. The van der Waals surface area contributed by atoms with Crippen LogP contribution in [0.1, 0.15) is 30.9 Å². The van der Waals surface area contributed by atoms with Crippen molar-refractivity contribution in [2.75, 3.05) is 11.5 Å². The second kappa shape index (κ2) is 6.62. The van der Waals surface area contributed by atoms with Crippen molar-refractivity contribution in [3.05, 3.63) is 35.9 Å². The fourth-order valence-corrected chi connectivity index (χ4v) is 7.78. The zero-order valence-electron chi connectivity index (χ0n) is 12.5. The van der Waals surface area contributed by atoms with E-state index >= 15 is 0 Å². The summed E-state index contributed by atoms with van der Waals surface area (Å²) in [4.78, 5) is 0. The van der Waals surface area contributed by atoms with Crippen LogP contribution in [0.5, 0.6) is 0 Å². The summed E-state index contributed by atoms with van der Waals surface area (Å²) in [6, 6.07) is 11.8. The maximum absolute atomic E-state index is 5.54. The van der Waals surface area contributed by atoms with Crippen molar-refractivity contribution < 1.29 is 0 Å². The Hall–Kier alpha value is -0.390. The number of fused-ring (bicyclic) bond motifs is 1. The van der Waals surface area contributed by atoms with Crippen molar-refractivity contribution in [3.63, 3.8) is 0 Å². The van der Waals surface area contributed by atoms with Crippen LogP contribution in [-0.2, 0) is 0 Å². The third kappa shape index (κ3) is 2.87. The van der Waals surface area contributed by atoms with Crippen LogP contribution in [0.15, 0.2) is 30.3 Å². The van der Waals surface area contributed by atoms with Gasteiger partial charge in [-0.25, -0.2) is 0 Å². The number of hydrogen-bond donors (Lipinski definition) is 2. The Morgan fingerprint density at radius 2 is 1.68 bits per heavy atom. The van der Waals surface area contributed by atoms with E-state index in [0.29, 0.717) is 18.0 Å². The molecule has 2 aliphatic heterocycles. The molecular formula is C17H22N2S3. The van der Waals surface area contributed by atoms with Gasteiger partial charge in [0, 0.05) is 29.4 Å². The molecule has 2 heterocycles. The second-order valence-corrected chi connectivity index (χ2v) is 9.61. The van der Waals surface area contributed by atoms with Crippen molar-refractivity contribution in [2.24, 2.45) is 11.8 Å². The molecule has 1 aromatic carbocycles. The van der Waals surface area contributed by atoms with Crippen LogP contribution in [0.3, 0.4) is 0 Å². The Kier molecular flexibility index (Phi) is 4.56. The first-order valence-electron chi connectivity index (χ1n) is 8.18. The predicted molar refractivity (Wildman–Crippen MR) is 101 cm³/mol. The van der Waals surface area contributed by atoms with Gasteiger partial charge in [-0.1, -0.05) is 36.8 Å². The summed E-state index contributed by atoms with van der Waals surface area (Å²) in [6.07, 6.45) is 4.00. The van der Waals surface area contributed by atoms with Crippen LogP contribution < -0.4 is 10.6 Å². The lowest BCUT2D eigenvalue weighted by Crippen LogP contribution is -2.61. The average Bonchev–Trinajstić information content (AvgIpc) is 3.08. The van der Waals surface area contributed by atoms with Gasteiger partial charge in [-0.15, -0.1) is 23.5 Å². The van der Waals surface area contributed by atoms with Gasteiger partial charge >= 0.3 is 0 Å². The third-order valence-corrected chi connectivity index (χ3v) is 8.71. The predicted octanol–water partition coefficient (Wildman–Crippen LogP) is 3.80. The molecule has 1 saturated carbocycles. The van der Waals surface area contributed by atoms with Gasteiger partial charge in [-0.2, -0.15) is 0 Å². The summed E-state index contributed by atoms with van der Waals surface area (Å²) in [5.41, 5.74) is 1.38. The molecular weight excluding hydrogens is 328 g/mol. The molecule has 0 unspecified atom stereocenters. The first-order valence-corrected chi connectivity index (χ1v) is 10.7. The normalized spacial score (nSPS) is 35.5. The number of benzene rings is 1. The fraction of sp³-hybridized carbons (Fsp3) is 0.588. The molecule has 4 atom stereocenters. The van der Waals surface area contributed by atoms with Gasteiger partial charge < -0.3 is 10.6 Å². The number of rotatable bonds is 2. The number of thioether (sulfide) groups is 2. The number of thiocarbonyl (C=S) groups is 1. The molecule has 5 heteroatoms. The summed E-state index contributed by atoms with van der Waals surface area (Å²) in [5, 5.41) is 8.03. The Morgan fingerprint density at radius 1 is 0.955 bits per heavy atom. The van der Waals surface area contributed by atoms with Gasteiger partial charge in [0.2, 0.25) is 0 Å². The Bertz CT molecular complexity index is 530. The molecule has 4 rings (SSSR count). The highest BCUT2D eigenvalue weighted by atomic mass is 32.2. The molecule has 1 aliphatic carbocycles. The minimum Gasteiger partial charge on any atom is -0.359 e. The van der Waals surface area contributed by atoms with Gasteiger partial charge in [0.15, 0.2) is 5.11 Å². The summed E-state index contributed by atoms with van der Waals surface area (Å²) in [7, 11) is 0. The van der Waals surface area contributed by atoms with Crippen LogP contribution >= 0.6 is 35.7 Å². The van der Waals surface area contributed by atoms with E-state index in [0.717, 1.165) is 15.6 Å². The minimum atomic E-state index is 0.374. The van der Waals surface area contributed by atoms with Crippen LogP contribution in [-0.4, -0.2) is 27.2 Å². The molecule has 2 saturated heterocycles. The largest absolute Gasteiger partial charge is 0.359 e. The SMILES string of the molecule is S=C1N[C@H]2[C@@H](CCC[C@@H]2C2SCCS2)[C@H](c2ccccc2)N1. The van der Waals surface area contributed by atoms with Crippen molar-refractivity contribution in [1.29, 1.82) is 0 Å². The molecule has 2 N–H and O–H groups in total. The van der Waals surface area contributed by atoms with Crippen molar-refractivity contribution in [3.8, 4) is 0 Å². The number of hydrogen-bond acceptors (Lipinski definition) is 3. The van der Waals surface area contributed by atoms with Gasteiger partial charge in [0.1, 0.15) is 0 Å². The minimum absolute atomic E-state index is 0.374. The molecule has 0 spiro atoms. The van der Waals surface area contributed by atoms with E-state index in [9.17, 15) is 0 Å². The lowest BCUT2D eigenvalue weighted by atomic mass is 9.71. The molecule has 1 aromatic rings. The van der Waals surface area contributed by atoms with E-state index < -0.39 is 0 Å². The highest BCUT2D eigenvalue weighted by molar-refractivity contribution is 8.20. The molecule has 2 nitrogen and oxygen atoms in total. The Morgan fingerprint density at radius 3 is 2.45 bits per heavy atom. The molecule has 0 aromatic heterocycles. The standard InChI is InChI=1S/C17H22N2S3/c20-17-18-14(11-5-2-1-3-6-11)12-7-4-8-13(15(12)19-17)16-21-9-10-22-16/h1-3,5-6,12-16H,4,7-10H2,(H2,18,19,20)/t12-,13-,14-,15-/m0/s1. The van der Waals surface area contributed by atoms with E-state index in [-0.39, 0.29) is 0 Å². The first-order chi connectivity index (χ1) is 10.8. The molecule has 3 aliphatic rings. The maximum Gasteiger partial charge on any atom is 0.167 e. The lowest BCUT2D eigenvalue weighted by Gasteiger charge is -2.48. The smallest absolute Gasteiger partial charge is 0.167 e. The van der Waals surface area contributed by atoms with Gasteiger partial charge in [-0.05, 0) is 30.6 Å². The van der Waals surface area contributed by atoms with E-state index in [4.69, 9.17) is 12.2 Å². The summed E-state index contributed by atoms with van der Waals surface area (Å²) >= 11 is 9.87. The summed E-state index contributed by atoms with van der Waals surface area (Å²) in [5.74, 6) is 4.03. The monoisotopic (exact) mass is 350 g/mol. The van der Waals surface area contributed by atoms with Gasteiger partial charge in [0.05, 0.1) is 10.6 Å². The molecule has 3 fully saturated rings. The van der Waals surface area contributed by atoms with E-state index in [2.05, 4.69) is 64.5 Å². The fourth-order valence-electron chi connectivity index (χ4n) is 4.22. The zero-order valence-corrected chi connectivity index (χ0v) is 15.0. The topological polar surface area (TPSA) is 24.1 Å². The van der Waals surface area contributed by atoms with Crippen LogP contribution in [0.25, 0.3) is 0 Å². The highest BCUT2D eigenvalue weighted by Crippen LogP contribution is 2.47. The van der Waals surface area contributed by atoms with Crippen molar-refractivity contribution in [1.82, 2.24) is 10.6 Å². The first kappa shape index (κ1) is 15.2. The maximum atomic E-state index is 5.54. The molecule has 0 amide bonds. The summed E-state index contributed by atoms with van der Waals surface area (Å²) < 4.78 is 0.762. The molecule has 0 radical (unpaired) electrons. The molecule has 118 valence electrons. The quantitative estimate of drug-likeness (QED) is 0.791. The van der Waals surface area contributed by atoms with E-state index in [1.54, 1.807) is 0 Å². The number of nitrogens with one attached hydrogen (secondary N) is 2. The Labute approximate surface area is 146 Å². The molecule has 0 bridgehead atoms. The van der Waals surface area contributed by atoms with Gasteiger partial charge in [-0.3, -0.25) is 0 Å². The lowest BCUT2D eigenvalue weighted by molar-refractivity contribution is 0.161. The van der Waals surface area contributed by atoms with Crippen LogP contribution in [0.2, 0.25) is 0 Å². The van der Waals surface area contributed by atoms with E-state index in [1.807, 2.05) is 0 Å².